The molecular formula is C10H20O. The molecule has 1 heteroatoms. The highest BCUT2D eigenvalue weighted by molar-refractivity contribution is 5.10. The summed E-state index contributed by atoms with van der Waals surface area (Å²) in [4.78, 5) is 8.00. The largest absolute Gasteiger partial charge is 0.307 e. The molecule has 0 amide bonds. The van der Waals surface area contributed by atoms with Gasteiger partial charge < -0.3 is 4.79 Å². The Labute approximate surface area is 70.2 Å². The fourth-order valence-corrected chi connectivity index (χ4v) is 1.88. The normalized spacial score (nSPS) is 18.6. The summed E-state index contributed by atoms with van der Waals surface area (Å²) in [6.45, 7) is 4.30. The van der Waals surface area contributed by atoms with E-state index in [-0.39, 0.29) is 0 Å². The Morgan fingerprint density at radius 2 is 1.73 bits per heavy atom. The average molecular weight is 156 g/mol. The third kappa shape index (κ3) is 5.00. The highest BCUT2D eigenvalue weighted by Gasteiger charge is 2.10. The maximum atomic E-state index is 8.00. The van der Waals surface area contributed by atoms with Gasteiger partial charge in [-0.2, -0.15) is 0 Å². The first-order valence-electron chi connectivity index (χ1n) is 4.72. The van der Waals surface area contributed by atoms with E-state index in [1.54, 1.807) is 0 Å². The van der Waals surface area contributed by atoms with E-state index in [1.165, 1.54) is 44.9 Å². The molecular weight excluding hydrogens is 136 g/mol. The molecule has 1 nitrogen and oxygen atoms in total. The van der Waals surface area contributed by atoms with Crippen LogP contribution in [0.1, 0.15) is 51.9 Å². The van der Waals surface area contributed by atoms with Crippen LogP contribution in [0.3, 0.4) is 0 Å². The van der Waals surface area contributed by atoms with E-state index in [9.17, 15) is 0 Å². The van der Waals surface area contributed by atoms with Gasteiger partial charge in [0.05, 0.1) is 0 Å². The third-order valence-corrected chi connectivity index (χ3v) is 2.42. The molecule has 0 bridgehead atoms. The Morgan fingerprint density at radius 3 is 2.18 bits per heavy atom. The summed E-state index contributed by atoms with van der Waals surface area (Å²) in [5, 5.41) is 0. The molecule has 0 saturated heterocycles. The van der Waals surface area contributed by atoms with Crippen LogP contribution >= 0.6 is 0 Å². The standard InChI is InChI=1S/C9H18.CH2O/c1-2-6-9-7-4-3-5-8-9;1-2/h9H,2-8H2,1H3;1H2. The Morgan fingerprint density at radius 1 is 1.18 bits per heavy atom. The first-order valence-corrected chi connectivity index (χ1v) is 4.72. The maximum absolute atomic E-state index is 8.00. The Kier molecular flexibility index (Phi) is 7.54. The summed E-state index contributed by atoms with van der Waals surface area (Å²) in [6.07, 6.45) is 10.4. The monoisotopic (exact) mass is 156 g/mol. The van der Waals surface area contributed by atoms with Crippen molar-refractivity contribution in [2.75, 3.05) is 0 Å². The molecule has 1 aliphatic carbocycles. The van der Waals surface area contributed by atoms with Gasteiger partial charge in [0.15, 0.2) is 0 Å². The van der Waals surface area contributed by atoms with Gasteiger partial charge in [-0.25, -0.2) is 0 Å². The van der Waals surface area contributed by atoms with Gasteiger partial charge >= 0.3 is 0 Å². The molecule has 0 aromatic heterocycles. The van der Waals surface area contributed by atoms with Crippen LogP contribution in [0.15, 0.2) is 0 Å². The minimum absolute atomic E-state index is 1.10. The van der Waals surface area contributed by atoms with Crippen LogP contribution in [-0.4, -0.2) is 6.79 Å². The van der Waals surface area contributed by atoms with Crippen molar-refractivity contribution in [3.05, 3.63) is 0 Å². The predicted molar refractivity (Wildman–Crippen MR) is 48.6 cm³/mol. The van der Waals surface area contributed by atoms with Gasteiger partial charge in [-0.1, -0.05) is 51.9 Å². The number of hydrogen-bond acceptors (Lipinski definition) is 1. The lowest BCUT2D eigenvalue weighted by atomic mass is 9.86. The van der Waals surface area contributed by atoms with Crippen molar-refractivity contribution in [1.82, 2.24) is 0 Å². The van der Waals surface area contributed by atoms with Gasteiger partial charge in [0.1, 0.15) is 6.79 Å². The van der Waals surface area contributed by atoms with Crippen LogP contribution in [0.25, 0.3) is 0 Å². The molecule has 0 unspecified atom stereocenters. The van der Waals surface area contributed by atoms with Crippen molar-refractivity contribution >= 4 is 6.79 Å². The van der Waals surface area contributed by atoms with Gasteiger partial charge in [0, 0.05) is 0 Å². The molecule has 0 atom stereocenters. The third-order valence-electron chi connectivity index (χ3n) is 2.42. The quantitative estimate of drug-likeness (QED) is 0.600. The highest BCUT2D eigenvalue weighted by atomic mass is 16.1. The maximum Gasteiger partial charge on any atom is 0.106 e. The molecule has 1 rings (SSSR count). The minimum atomic E-state index is 1.10. The molecule has 0 heterocycles. The first kappa shape index (κ1) is 10.7. The summed E-state index contributed by atoms with van der Waals surface area (Å²) in [5.74, 6) is 1.10. The zero-order valence-electron chi connectivity index (χ0n) is 7.64. The van der Waals surface area contributed by atoms with E-state index in [1.807, 2.05) is 6.79 Å². The molecule has 1 fully saturated rings. The van der Waals surface area contributed by atoms with Crippen LogP contribution < -0.4 is 0 Å². The summed E-state index contributed by atoms with van der Waals surface area (Å²) < 4.78 is 0. The number of carbonyl (C=O) groups excluding carboxylic acids is 1. The second-order valence-corrected chi connectivity index (χ2v) is 3.29. The highest BCUT2D eigenvalue weighted by Crippen LogP contribution is 2.26. The van der Waals surface area contributed by atoms with E-state index in [4.69, 9.17) is 4.79 Å². The van der Waals surface area contributed by atoms with Crippen molar-refractivity contribution in [1.29, 1.82) is 0 Å². The van der Waals surface area contributed by atoms with Crippen LogP contribution in [0.2, 0.25) is 0 Å². The molecule has 11 heavy (non-hydrogen) atoms. The number of carbonyl (C=O) groups is 1. The zero-order valence-corrected chi connectivity index (χ0v) is 7.64. The fourth-order valence-electron chi connectivity index (χ4n) is 1.88. The van der Waals surface area contributed by atoms with Crippen molar-refractivity contribution in [3.63, 3.8) is 0 Å². The molecule has 1 aliphatic rings. The summed E-state index contributed by atoms with van der Waals surface area (Å²) in [6, 6.07) is 0. The van der Waals surface area contributed by atoms with Gasteiger partial charge in [-0.05, 0) is 5.92 Å². The van der Waals surface area contributed by atoms with Gasteiger partial charge in [0.2, 0.25) is 0 Å². The zero-order chi connectivity index (χ0) is 8.53. The SMILES string of the molecule is C=O.CCCC1CCCCC1. The van der Waals surface area contributed by atoms with Crippen molar-refractivity contribution in [2.45, 2.75) is 51.9 Å². The Balaban J connectivity index is 0.000000461. The molecule has 1 saturated carbocycles. The van der Waals surface area contributed by atoms with Gasteiger partial charge in [0.25, 0.3) is 0 Å². The fraction of sp³-hybridized carbons (Fsp3) is 0.900. The van der Waals surface area contributed by atoms with Crippen LogP contribution in [0.5, 0.6) is 0 Å². The lowest BCUT2D eigenvalue weighted by molar-refractivity contribution is -0.0979. The van der Waals surface area contributed by atoms with Crippen LogP contribution in [0.4, 0.5) is 0 Å². The molecule has 0 aromatic rings. The summed E-state index contributed by atoms with van der Waals surface area (Å²) in [7, 11) is 0. The van der Waals surface area contributed by atoms with Crippen LogP contribution in [-0.2, 0) is 4.79 Å². The first-order chi connectivity index (χ1) is 5.43. The minimum Gasteiger partial charge on any atom is -0.307 e. The van der Waals surface area contributed by atoms with Crippen molar-refractivity contribution in [3.8, 4) is 0 Å². The number of hydrogen-bond donors (Lipinski definition) is 0. The van der Waals surface area contributed by atoms with Gasteiger partial charge in [-0.3, -0.25) is 0 Å². The molecule has 0 radical (unpaired) electrons. The van der Waals surface area contributed by atoms with E-state index >= 15 is 0 Å². The molecule has 0 aromatic carbocycles. The Bertz CT molecular complexity index is 72.2. The molecule has 0 N–H and O–H groups in total. The van der Waals surface area contributed by atoms with E-state index in [0.717, 1.165) is 5.92 Å². The predicted octanol–water partition coefficient (Wildman–Crippen LogP) is 3.18. The van der Waals surface area contributed by atoms with E-state index in [2.05, 4.69) is 6.92 Å². The average Bonchev–Trinajstić information content (AvgIpc) is 2.11. The van der Waals surface area contributed by atoms with Gasteiger partial charge in [-0.15, -0.1) is 0 Å². The van der Waals surface area contributed by atoms with Crippen molar-refractivity contribution in [2.24, 2.45) is 5.92 Å². The second-order valence-electron chi connectivity index (χ2n) is 3.29. The smallest absolute Gasteiger partial charge is 0.106 e. The Hall–Kier alpha value is -0.330. The summed E-state index contributed by atoms with van der Waals surface area (Å²) >= 11 is 0. The van der Waals surface area contributed by atoms with E-state index < -0.39 is 0 Å². The second kappa shape index (κ2) is 7.77. The molecule has 0 spiro atoms. The lowest BCUT2D eigenvalue weighted by Crippen LogP contribution is -2.04. The van der Waals surface area contributed by atoms with E-state index in [0.29, 0.717) is 0 Å². The van der Waals surface area contributed by atoms with Crippen molar-refractivity contribution < 1.29 is 4.79 Å². The lowest BCUT2D eigenvalue weighted by Gasteiger charge is -2.20. The molecule has 0 aliphatic heterocycles. The molecule has 66 valence electrons. The van der Waals surface area contributed by atoms with Crippen LogP contribution in [0, 0.1) is 5.92 Å². The number of rotatable bonds is 2. The summed E-state index contributed by atoms with van der Waals surface area (Å²) in [5.41, 5.74) is 0. The topological polar surface area (TPSA) is 17.1 Å².